The molecule has 1 aromatic heterocycles. The lowest BCUT2D eigenvalue weighted by molar-refractivity contribution is 0.00445. The average Bonchev–Trinajstić information content (AvgIpc) is 2.96. The van der Waals surface area contributed by atoms with Crippen LogP contribution in [0.4, 0.5) is 0 Å². The summed E-state index contributed by atoms with van der Waals surface area (Å²) in [6.45, 7) is 17.2. The zero-order chi connectivity index (χ0) is 18.1. The molecule has 2 rings (SSSR count). The third-order valence-electron chi connectivity index (χ3n) is 6.21. The Bertz CT molecular complexity index is 579. The number of nitrogens with zero attached hydrogens (tertiary/aromatic N) is 1. The highest BCUT2D eigenvalue weighted by Crippen LogP contribution is 2.46. The molecule has 2 unspecified atom stereocenters. The van der Waals surface area contributed by atoms with E-state index in [0.29, 0.717) is 23.2 Å². The highest BCUT2D eigenvalue weighted by Gasteiger charge is 2.50. The Balaban J connectivity index is 2.66. The molecule has 2 heterocycles. The minimum Gasteiger partial charge on any atom is -0.378 e. The van der Waals surface area contributed by atoms with E-state index in [0.717, 1.165) is 12.8 Å². The average molecular weight is 364 g/mol. The molecule has 134 valence electrons. The van der Waals surface area contributed by atoms with Crippen LogP contribution in [-0.4, -0.2) is 20.8 Å². The molecular formula is C20H33NOSSi. The van der Waals surface area contributed by atoms with Gasteiger partial charge in [-0.25, -0.2) is 0 Å². The summed E-state index contributed by atoms with van der Waals surface area (Å²) in [5.41, 5.74) is 1.65. The number of nitriles is 1. The van der Waals surface area contributed by atoms with Gasteiger partial charge in [0.15, 0.2) is 0 Å². The predicted molar refractivity (Wildman–Crippen MR) is 107 cm³/mol. The Labute approximate surface area is 153 Å². The van der Waals surface area contributed by atoms with E-state index in [1.807, 2.05) is 11.3 Å². The lowest BCUT2D eigenvalue weighted by Gasteiger charge is -2.45. The molecular weight excluding hydrogens is 330 g/mol. The molecule has 0 N–H and O–H groups in total. The summed E-state index contributed by atoms with van der Waals surface area (Å²) in [6.07, 6.45) is 1.83. The molecule has 0 aliphatic carbocycles. The van der Waals surface area contributed by atoms with Crippen LogP contribution in [0.5, 0.6) is 0 Å². The Hall–Kier alpha value is -0.633. The topological polar surface area (TPSA) is 33.0 Å². The summed E-state index contributed by atoms with van der Waals surface area (Å²) < 4.78 is 5.77. The molecule has 0 bridgehead atoms. The largest absolute Gasteiger partial charge is 0.378 e. The maximum atomic E-state index is 10.2. The van der Waals surface area contributed by atoms with Gasteiger partial charge in [-0.3, -0.25) is 0 Å². The first-order valence-electron chi connectivity index (χ1n) is 9.33. The van der Waals surface area contributed by atoms with E-state index in [-0.39, 0.29) is 11.5 Å². The quantitative estimate of drug-likeness (QED) is 0.638. The van der Waals surface area contributed by atoms with Crippen LogP contribution < -0.4 is 5.19 Å². The number of hydrogen-bond acceptors (Lipinski definition) is 3. The molecule has 24 heavy (non-hydrogen) atoms. The van der Waals surface area contributed by atoms with Crippen LogP contribution in [0.25, 0.3) is 0 Å². The van der Waals surface area contributed by atoms with Crippen LogP contribution in [0.1, 0.15) is 66.2 Å². The summed E-state index contributed by atoms with van der Waals surface area (Å²) in [4.78, 5) is 1.36. The summed E-state index contributed by atoms with van der Waals surface area (Å²) in [7, 11) is -1.75. The van der Waals surface area contributed by atoms with Crippen LogP contribution in [-0.2, 0) is 10.2 Å². The SMILES string of the molecule is CC1CC(C#N)(c2sccc2[Si](C(C)C)(C(C)C)C(C)C)CCO1. The van der Waals surface area contributed by atoms with Crippen molar-refractivity contribution in [3.63, 3.8) is 0 Å². The first kappa shape index (κ1) is 19.7. The van der Waals surface area contributed by atoms with Gasteiger partial charge in [-0.1, -0.05) is 47.6 Å². The van der Waals surface area contributed by atoms with E-state index >= 15 is 0 Å². The highest BCUT2D eigenvalue weighted by atomic mass is 32.1. The monoisotopic (exact) mass is 363 g/mol. The van der Waals surface area contributed by atoms with Gasteiger partial charge in [0.25, 0.3) is 0 Å². The lowest BCUT2D eigenvalue weighted by Crippen LogP contribution is -2.58. The fourth-order valence-electron chi connectivity index (χ4n) is 5.40. The minimum atomic E-state index is -1.75. The van der Waals surface area contributed by atoms with Crippen LogP contribution in [0.2, 0.25) is 16.6 Å². The van der Waals surface area contributed by atoms with E-state index in [1.54, 1.807) is 5.19 Å². The molecule has 2 atom stereocenters. The second-order valence-corrected chi connectivity index (χ2v) is 15.2. The standard InChI is InChI=1S/C20H33NOSSi/c1-14(2)24(15(3)4,16(5)6)18-8-11-23-19(18)20(13-21)9-10-22-17(7)12-20/h8,11,14-17H,9-10,12H2,1-7H3. The molecule has 0 radical (unpaired) electrons. The van der Waals surface area contributed by atoms with Crippen molar-refractivity contribution < 1.29 is 4.74 Å². The van der Waals surface area contributed by atoms with Gasteiger partial charge in [0, 0.05) is 11.5 Å². The predicted octanol–water partition coefficient (Wildman–Crippen LogP) is 5.59. The molecule has 0 saturated carbocycles. The molecule has 4 heteroatoms. The fourth-order valence-corrected chi connectivity index (χ4v) is 14.1. The molecule has 1 saturated heterocycles. The van der Waals surface area contributed by atoms with E-state index in [2.05, 4.69) is 66.0 Å². The van der Waals surface area contributed by atoms with Gasteiger partial charge in [-0.2, -0.15) is 5.26 Å². The van der Waals surface area contributed by atoms with Crippen LogP contribution in [0.15, 0.2) is 11.4 Å². The van der Waals surface area contributed by atoms with Gasteiger partial charge in [0.1, 0.15) is 0 Å². The van der Waals surface area contributed by atoms with Gasteiger partial charge in [-0.15, -0.1) is 11.3 Å². The van der Waals surface area contributed by atoms with Crippen molar-refractivity contribution in [1.29, 1.82) is 5.26 Å². The number of hydrogen-bond donors (Lipinski definition) is 0. The Morgan fingerprint density at radius 2 is 1.79 bits per heavy atom. The van der Waals surface area contributed by atoms with Gasteiger partial charge in [0.2, 0.25) is 0 Å². The van der Waals surface area contributed by atoms with Gasteiger partial charge < -0.3 is 4.74 Å². The van der Waals surface area contributed by atoms with Crippen LogP contribution in [0, 0.1) is 11.3 Å². The van der Waals surface area contributed by atoms with Crippen LogP contribution in [0.3, 0.4) is 0 Å². The van der Waals surface area contributed by atoms with Crippen molar-refractivity contribution in [2.45, 2.75) is 89.5 Å². The normalized spacial score (nSPS) is 25.5. The van der Waals surface area contributed by atoms with E-state index < -0.39 is 8.07 Å². The first-order chi connectivity index (χ1) is 11.2. The Morgan fingerprint density at radius 1 is 1.21 bits per heavy atom. The second-order valence-electron chi connectivity index (χ2n) is 8.39. The molecule has 1 fully saturated rings. The Morgan fingerprint density at radius 3 is 2.25 bits per heavy atom. The van der Waals surface area contributed by atoms with E-state index in [1.165, 1.54) is 4.88 Å². The number of rotatable bonds is 5. The number of thiophene rings is 1. The highest BCUT2D eigenvalue weighted by molar-refractivity contribution is 7.13. The molecule has 1 aliphatic heterocycles. The molecule has 1 aromatic rings. The van der Waals surface area contributed by atoms with Crippen molar-refractivity contribution in [1.82, 2.24) is 0 Å². The summed E-state index contributed by atoms with van der Waals surface area (Å²) >= 11 is 1.82. The van der Waals surface area contributed by atoms with Gasteiger partial charge in [-0.05, 0) is 47.0 Å². The molecule has 0 spiro atoms. The Kier molecular flexibility index (Phi) is 6.00. The molecule has 0 aromatic carbocycles. The fraction of sp³-hybridized carbons (Fsp3) is 0.750. The van der Waals surface area contributed by atoms with Crippen LogP contribution >= 0.6 is 11.3 Å². The van der Waals surface area contributed by atoms with Crippen molar-refractivity contribution in [2.75, 3.05) is 6.61 Å². The van der Waals surface area contributed by atoms with Crippen molar-refractivity contribution in [2.24, 2.45) is 0 Å². The third-order valence-corrected chi connectivity index (χ3v) is 14.6. The summed E-state index contributed by atoms with van der Waals surface area (Å²) in [5, 5.41) is 13.9. The number of ether oxygens (including phenoxy) is 1. The van der Waals surface area contributed by atoms with Gasteiger partial charge in [0.05, 0.1) is 25.7 Å². The minimum absolute atomic E-state index is 0.168. The van der Waals surface area contributed by atoms with E-state index in [4.69, 9.17) is 4.74 Å². The van der Waals surface area contributed by atoms with Gasteiger partial charge >= 0.3 is 0 Å². The maximum Gasteiger partial charge on any atom is 0.0959 e. The molecule has 1 aliphatic rings. The van der Waals surface area contributed by atoms with Crippen molar-refractivity contribution in [3.05, 3.63) is 16.3 Å². The maximum absolute atomic E-state index is 10.2. The third kappa shape index (κ3) is 3.00. The lowest BCUT2D eigenvalue weighted by atomic mass is 9.78. The smallest absolute Gasteiger partial charge is 0.0959 e. The van der Waals surface area contributed by atoms with Crippen molar-refractivity contribution in [3.8, 4) is 6.07 Å². The zero-order valence-corrected chi connectivity index (χ0v) is 18.2. The molecule has 2 nitrogen and oxygen atoms in total. The first-order valence-corrected chi connectivity index (χ1v) is 12.4. The zero-order valence-electron chi connectivity index (χ0n) is 16.3. The van der Waals surface area contributed by atoms with Crippen molar-refractivity contribution >= 4 is 24.6 Å². The molecule has 0 amide bonds. The second kappa shape index (κ2) is 7.31. The summed E-state index contributed by atoms with van der Waals surface area (Å²) in [6, 6.07) is 5.10. The van der Waals surface area contributed by atoms with E-state index in [9.17, 15) is 5.26 Å². The summed E-state index contributed by atoms with van der Waals surface area (Å²) in [5.74, 6) is 0.